The van der Waals surface area contributed by atoms with Crippen molar-refractivity contribution in [3.05, 3.63) is 29.8 Å². The van der Waals surface area contributed by atoms with Crippen LogP contribution in [0.5, 0.6) is 0 Å². The van der Waals surface area contributed by atoms with Crippen LogP contribution in [0, 0.1) is 11.6 Å². The normalized spacial score (nSPS) is 11.8. The summed E-state index contributed by atoms with van der Waals surface area (Å²) >= 11 is 0. The first-order valence-corrected chi connectivity index (χ1v) is 5.58. The second-order valence-corrected chi connectivity index (χ2v) is 3.93. The minimum atomic E-state index is -1.13. The number of hydrogen-bond donors (Lipinski definition) is 2. The zero-order valence-electron chi connectivity index (χ0n) is 10.5. The van der Waals surface area contributed by atoms with Gasteiger partial charge in [-0.1, -0.05) is 6.92 Å². The molecule has 0 aliphatic carbocycles. The molecule has 7 heteroatoms. The largest absolute Gasteiger partial charge is 0.480 e. The van der Waals surface area contributed by atoms with E-state index in [1.807, 2.05) is 0 Å². The molecule has 0 radical (unpaired) electrons. The summed E-state index contributed by atoms with van der Waals surface area (Å²) in [7, 11) is 1.32. The van der Waals surface area contributed by atoms with Gasteiger partial charge in [0.05, 0.1) is 0 Å². The molecule has 104 valence electrons. The third-order valence-corrected chi connectivity index (χ3v) is 2.63. The number of carbonyl (C=O) groups excluding carboxylic acids is 1. The lowest BCUT2D eigenvalue weighted by molar-refractivity contribution is -0.141. The molecule has 1 rings (SSSR count). The molecule has 0 bridgehead atoms. The van der Waals surface area contributed by atoms with Gasteiger partial charge in [0, 0.05) is 18.8 Å². The lowest BCUT2D eigenvalue weighted by Gasteiger charge is -2.24. The molecular weight excluding hydrogens is 258 g/mol. The van der Waals surface area contributed by atoms with E-state index in [-0.39, 0.29) is 12.1 Å². The van der Waals surface area contributed by atoms with Gasteiger partial charge in [-0.3, -0.25) is 0 Å². The summed E-state index contributed by atoms with van der Waals surface area (Å²) < 4.78 is 25.7. The zero-order chi connectivity index (χ0) is 14.6. The van der Waals surface area contributed by atoms with E-state index in [9.17, 15) is 18.4 Å². The van der Waals surface area contributed by atoms with Crippen molar-refractivity contribution in [2.45, 2.75) is 19.4 Å². The fourth-order valence-corrected chi connectivity index (χ4v) is 1.54. The fourth-order valence-electron chi connectivity index (χ4n) is 1.54. The maximum absolute atomic E-state index is 12.9. The SMILES string of the molecule is CCC(C(=O)O)N(C)C(=O)Nc1ccc(F)c(F)c1. The molecule has 0 heterocycles. The highest BCUT2D eigenvalue weighted by Crippen LogP contribution is 2.14. The van der Waals surface area contributed by atoms with Crippen LogP contribution in [0.25, 0.3) is 0 Å². The number of carboxylic acids is 1. The molecular formula is C12H14F2N2O3. The van der Waals surface area contributed by atoms with Crippen molar-refractivity contribution in [2.24, 2.45) is 0 Å². The van der Waals surface area contributed by atoms with Crippen LogP contribution in [0.2, 0.25) is 0 Å². The highest BCUT2D eigenvalue weighted by Gasteiger charge is 2.24. The molecule has 0 aliphatic rings. The highest BCUT2D eigenvalue weighted by molar-refractivity contribution is 5.92. The molecule has 0 aromatic heterocycles. The second kappa shape index (κ2) is 6.12. The molecule has 0 fully saturated rings. The monoisotopic (exact) mass is 272 g/mol. The molecule has 0 spiro atoms. The Balaban J connectivity index is 2.78. The van der Waals surface area contributed by atoms with Gasteiger partial charge in [-0.25, -0.2) is 18.4 Å². The van der Waals surface area contributed by atoms with Crippen molar-refractivity contribution in [1.29, 1.82) is 0 Å². The minimum Gasteiger partial charge on any atom is -0.480 e. The summed E-state index contributed by atoms with van der Waals surface area (Å²) in [6, 6.07) is 1.19. The number of nitrogens with zero attached hydrogens (tertiary/aromatic N) is 1. The Morgan fingerprint density at radius 3 is 2.47 bits per heavy atom. The van der Waals surface area contributed by atoms with Crippen LogP contribution in [-0.4, -0.2) is 35.1 Å². The first kappa shape index (κ1) is 14.9. The van der Waals surface area contributed by atoms with Crippen LogP contribution in [0.15, 0.2) is 18.2 Å². The van der Waals surface area contributed by atoms with Gasteiger partial charge >= 0.3 is 12.0 Å². The summed E-state index contributed by atoms with van der Waals surface area (Å²) in [5.41, 5.74) is 0.0518. The number of carboxylic acid groups (broad SMARTS) is 1. The number of carbonyl (C=O) groups is 2. The van der Waals surface area contributed by atoms with E-state index in [0.717, 1.165) is 17.0 Å². The van der Waals surface area contributed by atoms with E-state index in [1.54, 1.807) is 6.92 Å². The van der Waals surface area contributed by atoms with Crippen molar-refractivity contribution in [3.63, 3.8) is 0 Å². The van der Waals surface area contributed by atoms with E-state index >= 15 is 0 Å². The van der Waals surface area contributed by atoms with Crippen LogP contribution in [0.1, 0.15) is 13.3 Å². The number of hydrogen-bond acceptors (Lipinski definition) is 2. The number of likely N-dealkylation sites (N-methyl/N-ethyl adjacent to an activating group) is 1. The number of benzene rings is 1. The van der Waals surface area contributed by atoms with Gasteiger partial charge < -0.3 is 15.3 Å². The van der Waals surface area contributed by atoms with Crippen LogP contribution in [0.3, 0.4) is 0 Å². The summed E-state index contributed by atoms with van der Waals surface area (Å²) in [6.45, 7) is 1.63. The highest BCUT2D eigenvalue weighted by atomic mass is 19.2. The average molecular weight is 272 g/mol. The molecule has 19 heavy (non-hydrogen) atoms. The lowest BCUT2D eigenvalue weighted by Crippen LogP contribution is -2.44. The van der Waals surface area contributed by atoms with E-state index in [0.29, 0.717) is 0 Å². The number of halogens is 2. The van der Waals surface area contributed by atoms with E-state index in [2.05, 4.69) is 5.32 Å². The molecule has 0 saturated heterocycles. The topological polar surface area (TPSA) is 69.6 Å². The predicted octanol–water partition coefficient (Wildman–Crippen LogP) is 2.29. The first-order chi connectivity index (χ1) is 8.86. The summed E-state index contributed by atoms with van der Waals surface area (Å²) in [4.78, 5) is 23.6. The Morgan fingerprint density at radius 1 is 1.37 bits per heavy atom. The molecule has 1 atom stereocenters. The predicted molar refractivity (Wildman–Crippen MR) is 64.9 cm³/mol. The molecule has 1 aromatic rings. The molecule has 2 amide bonds. The van der Waals surface area contributed by atoms with Crippen molar-refractivity contribution in [1.82, 2.24) is 4.90 Å². The smallest absolute Gasteiger partial charge is 0.326 e. The third-order valence-electron chi connectivity index (χ3n) is 2.63. The number of aliphatic carboxylic acids is 1. The average Bonchev–Trinajstić information content (AvgIpc) is 2.34. The van der Waals surface area contributed by atoms with E-state index in [4.69, 9.17) is 5.11 Å². The molecule has 5 nitrogen and oxygen atoms in total. The summed E-state index contributed by atoms with van der Waals surface area (Å²) in [5, 5.41) is 11.2. The number of amides is 2. The Bertz CT molecular complexity index is 494. The lowest BCUT2D eigenvalue weighted by atomic mass is 10.2. The standard InChI is InChI=1S/C12H14F2N2O3/c1-3-10(11(17)18)16(2)12(19)15-7-4-5-8(13)9(14)6-7/h4-6,10H,3H2,1-2H3,(H,15,19)(H,17,18). The number of nitrogens with one attached hydrogen (secondary N) is 1. The summed E-state index contributed by atoms with van der Waals surface area (Å²) in [5.74, 6) is -3.25. The van der Waals surface area contributed by atoms with Crippen LogP contribution >= 0.6 is 0 Å². The maximum Gasteiger partial charge on any atom is 0.326 e. The van der Waals surface area contributed by atoms with Gasteiger partial charge in [0.1, 0.15) is 6.04 Å². The van der Waals surface area contributed by atoms with Crippen LogP contribution < -0.4 is 5.32 Å². The van der Waals surface area contributed by atoms with Crippen LogP contribution in [-0.2, 0) is 4.79 Å². The quantitative estimate of drug-likeness (QED) is 0.883. The number of rotatable bonds is 4. The fraction of sp³-hybridized carbons (Fsp3) is 0.333. The Morgan fingerprint density at radius 2 is 2.00 bits per heavy atom. The van der Waals surface area contributed by atoms with Gasteiger partial charge in [-0.15, -0.1) is 0 Å². The Kier molecular flexibility index (Phi) is 4.80. The third kappa shape index (κ3) is 3.64. The second-order valence-electron chi connectivity index (χ2n) is 3.93. The van der Waals surface area contributed by atoms with E-state index < -0.39 is 29.7 Å². The van der Waals surface area contributed by atoms with Crippen molar-refractivity contribution in [3.8, 4) is 0 Å². The molecule has 0 saturated carbocycles. The van der Waals surface area contributed by atoms with Crippen LogP contribution in [0.4, 0.5) is 19.3 Å². The number of anilines is 1. The van der Waals surface area contributed by atoms with Gasteiger partial charge in [0.25, 0.3) is 0 Å². The summed E-state index contributed by atoms with van der Waals surface area (Å²) in [6.07, 6.45) is 0.233. The van der Waals surface area contributed by atoms with Crippen molar-refractivity contribution >= 4 is 17.7 Å². The molecule has 1 unspecified atom stereocenters. The van der Waals surface area contributed by atoms with Crippen molar-refractivity contribution < 1.29 is 23.5 Å². The Labute approximate surface area is 108 Å². The van der Waals surface area contributed by atoms with Gasteiger partial charge in [-0.05, 0) is 18.6 Å². The minimum absolute atomic E-state index is 0.0518. The molecule has 2 N–H and O–H groups in total. The van der Waals surface area contributed by atoms with E-state index in [1.165, 1.54) is 13.1 Å². The Hall–Kier alpha value is -2.18. The van der Waals surface area contributed by atoms with Gasteiger partial charge in [0.15, 0.2) is 11.6 Å². The maximum atomic E-state index is 12.9. The first-order valence-electron chi connectivity index (χ1n) is 5.58. The van der Waals surface area contributed by atoms with Crippen molar-refractivity contribution in [2.75, 3.05) is 12.4 Å². The van der Waals surface area contributed by atoms with Gasteiger partial charge in [-0.2, -0.15) is 0 Å². The number of urea groups is 1. The van der Waals surface area contributed by atoms with Gasteiger partial charge in [0.2, 0.25) is 0 Å². The molecule has 1 aromatic carbocycles. The molecule has 0 aliphatic heterocycles. The zero-order valence-corrected chi connectivity index (χ0v) is 10.5.